The fourth-order valence-corrected chi connectivity index (χ4v) is 1.46. The van der Waals surface area contributed by atoms with E-state index < -0.39 is 29.0 Å². The Kier molecular flexibility index (Phi) is 3.99. The predicted molar refractivity (Wildman–Crippen MR) is 62.9 cm³/mol. The Morgan fingerprint density at radius 1 is 1.25 bits per heavy atom. The van der Waals surface area contributed by atoms with Gasteiger partial charge < -0.3 is 11.1 Å². The van der Waals surface area contributed by atoms with E-state index in [0.717, 1.165) is 0 Å². The Balaban J connectivity index is 2.06. The van der Waals surface area contributed by atoms with Crippen molar-refractivity contribution in [3.8, 4) is 0 Å². The highest BCUT2D eigenvalue weighted by atomic mass is 19.2. The normalized spacial score (nSPS) is 10.6. The summed E-state index contributed by atoms with van der Waals surface area (Å²) in [6.07, 6.45) is 1.45. The van der Waals surface area contributed by atoms with Gasteiger partial charge in [-0.05, 0) is 0 Å². The van der Waals surface area contributed by atoms with Gasteiger partial charge >= 0.3 is 0 Å². The van der Waals surface area contributed by atoms with Crippen molar-refractivity contribution < 1.29 is 18.0 Å². The molecule has 6 nitrogen and oxygen atoms in total. The van der Waals surface area contributed by atoms with Crippen molar-refractivity contribution in [1.82, 2.24) is 15.0 Å². The zero-order valence-corrected chi connectivity index (χ0v) is 10.1. The molecule has 1 heterocycles. The number of hydrogen-bond donors (Lipinski definition) is 2. The number of rotatable bonds is 4. The first-order chi connectivity index (χ1) is 9.49. The number of nitrogens with zero attached hydrogens (tertiary/aromatic N) is 3. The first-order valence-corrected chi connectivity index (χ1v) is 5.53. The van der Waals surface area contributed by atoms with Gasteiger partial charge in [-0.25, -0.2) is 17.9 Å². The molecule has 2 aromatic rings. The van der Waals surface area contributed by atoms with Crippen LogP contribution in [0.2, 0.25) is 0 Å². The van der Waals surface area contributed by atoms with Crippen LogP contribution < -0.4 is 11.1 Å². The molecular weight excluding hydrogens is 275 g/mol. The number of nitrogens with two attached hydrogens (primary N) is 1. The molecule has 1 aromatic heterocycles. The van der Waals surface area contributed by atoms with Crippen molar-refractivity contribution in [3.63, 3.8) is 0 Å². The molecule has 2 rings (SSSR count). The monoisotopic (exact) mass is 285 g/mol. The van der Waals surface area contributed by atoms with Gasteiger partial charge in [0.25, 0.3) is 0 Å². The summed E-state index contributed by atoms with van der Waals surface area (Å²) in [5, 5.41) is 9.40. The minimum Gasteiger partial charge on any atom is -0.325 e. The van der Waals surface area contributed by atoms with Gasteiger partial charge in [0, 0.05) is 18.7 Å². The van der Waals surface area contributed by atoms with E-state index in [1.807, 2.05) is 0 Å². The molecule has 0 saturated heterocycles. The molecular formula is C11H10F3N5O. The van der Waals surface area contributed by atoms with Gasteiger partial charge in [-0.15, -0.1) is 5.10 Å². The standard InChI is InChI=1S/C11H10F3N5O/c12-7-1-9(14)10(2-8(7)13)16-11(20)5-19-4-6(3-15)17-18-19/h1-2,4H,3,5,15H2,(H,16,20). The number of aromatic nitrogens is 3. The Labute approximate surface area is 111 Å². The van der Waals surface area contributed by atoms with E-state index in [1.54, 1.807) is 0 Å². The SMILES string of the molecule is NCc1cn(CC(=O)Nc2cc(F)c(F)cc2F)nn1. The van der Waals surface area contributed by atoms with Crippen LogP contribution in [0, 0.1) is 17.5 Å². The summed E-state index contributed by atoms with van der Waals surface area (Å²) in [5.74, 6) is -4.32. The van der Waals surface area contributed by atoms with E-state index in [0.29, 0.717) is 17.8 Å². The van der Waals surface area contributed by atoms with Crippen LogP contribution in [0.5, 0.6) is 0 Å². The van der Waals surface area contributed by atoms with Crippen LogP contribution in [0.3, 0.4) is 0 Å². The third-order valence-electron chi connectivity index (χ3n) is 2.38. The molecule has 0 aliphatic carbocycles. The van der Waals surface area contributed by atoms with Crippen LogP contribution in [-0.4, -0.2) is 20.9 Å². The predicted octanol–water partition coefficient (Wildman–Crippen LogP) is 0.793. The van der Waals surface area contributed by atoms with Crippen LogP contribution >= 0.6 is 0 Å². The quantitative estimate of drug-likeness (QED) is 0.813. The van der Waals surface area contributed by atoms with Gasteiger partial charge in [0.2, 0.25) is 5.91 Å². The number of nitrogens with one attached hydrogen (secondary N) is 1. The molecule has 0 aliphatic rings. The molecule has 106 valence electrons. The molecule has 1 aromatic carbocycles. The van der Waals surface area contributed by atoms with E-state index >= 15 is 0 Å². The largest absolute Gasteiger partial charge is 0.325 e. The lowest BCUT2D eigenvalue weighted by atomic mass is 10.3. The summed E-state index contributed by atoms with van der Waals surface area (Å²) in [7, 11) is 0. The maximum Gasteiger partial charge on any atom is 0.246 e. The van der Waals surface area contributed by atoms with Crippen LogP contribution in [0.4, 0.5) is 18.9 Å². The van der Waals surface area contributed by atoms with E-state index in [4.69, 9.17) is 5.73 Å². The highest BCUT2D eigenvalue weighted by molar-refractivity contribution is 5.90. The van der Waals surface area contributed by atoms with Gasteiger partial charge in [0.15, 0.2) is 11.6 Å². The van der Waals surface area contributed by atoms with Gasteiger partial charge in [0.1, 0.15) is 12.4 Å². The van der Waals surface area contributed by atoms with Crippen molar-refractivity contribution in [1.29, 1.82) is 0 Å². The van der Waals surface area contributed by atoms with Crippen LogP contribution in [-0.2, 0) is 17.9 Å². The molecule has 0 aliphatic heterocycles. The lowest BCUT2D eigenvalue weighted by Gasteiger charge is -2.06. The smallest absolute Gasteiger partial charge is 0.246 e. The summed E-state index contributed by atoms with van der Waals surface area (Å²) in [5.41, 5.74) is 5.36. The molecule has 3 N–H and O–H groups in total. The molecule has 0 bridgehead atoms. The summed E-state index contributed by atoms with van der Waals surface area (Å²) in [6.45, 7) is -0.0924. The highest BCUT2D eigenvalue weighted by Gasteiger charge is 2.13. The molecule has 0 fully saturated rings. The number of halogens is 3. The third kappa shape index (κ3) is 3.12. The minimum atomic E-state index is -1.33. The number of anilines is 1. The average Bonchev–Trinajstić information content (AvgIpc) is 2.83. The molecule has 0 atom stereocenters. The Hall–Kier alpha value is -2.42. The van der Waals surface area contributed by atoms with Crippen LogP contribution in [0.25, 0.3) is 0 Å². The summed E-state index contributed by atoms with van der Waals surface area (Å²) >= 11 is 0. The van der Waals surface area contributed by atoms with E-state index in [9.17, 15) is 18.0 Å². The third-order valence-corrected chi connectivity index (χ3v) is 2.38. The zero-order valence-electron chi connectivity index (χ0n) is 10.1. The second-order valence-electron chi connectivity index (χ2n) is 3.91. The van der Waals surface area contributed by atoms with Crippen molar-refractivity contribution in [3.05, 3.63) is 41.5 Å². The first kappa shape index (κ1) is 14.0. The average molecular weight is 285 g/mol. The fraction of sp³-hybridized carbons (Fsp3) is 0.182. The second kappa shape index (κ2) is 5.70. The zero-order chi connectivity index (χ0) is 14.7. The Morgan fingerprint density at radius 2 is 1.95 bits per heavy atom. The van der Waals surface area contributed by atoms with Gasteiger partial charge in [0.05, 0.1) is 17.6 Å². The van der Waals surface area contributed by atoms with Crippen molar-refractivity contribution in [2.75, 3.05) is 5.32 Å². The second-order valence-corrected chi connectivity index (χ2v) is 3.91. The van der Waals surface area contributed by atoms with E-state index in [2.05, 4.69) is 15.6 Å². The van der Waals surface area contributed by atoms with Crippen LogP contribution in [0.1, 0.15) is 5.69 Å². The molecule has 0 radical (unpaired) electrons. The Morgan fingerprint density at radius 3 is 2.60 bits per heavy atom. The van der Waals surface area contributed by atoms with Crippen molar-refractivity contribution in [2.24, 2.45) is 5.73 Å². The summed E-state index contributed by atoms with van der Waals surface area (Å²) in [4.78, 5) is 11.6. The van der Waals surface area contributed by atoms with Crippen LogP contribution in [0.15, 0.2) is 18.3 Å². The van der Waals surface area contributed by atoms with E-state index in [-0.39, 0.29) is 13.1 Å². The molecule has 20 heavy (non-hydrogen) atoms. The topological polar surface area (TPSA) is 85.8 Å². The fourth-order valence-electron chi connectivity index (χ4n) is 1.46. The maximum atomic E-state index is 13.3. The van der Waals surface area contributed by atoms with E-state index in [1.165, 1.54) is 10.9 Å². The number of amides is 1. The van der Waals surface area contributed by atoms with Crippen molar-refractivity contribution in [2.45, 2.75) is 13.1 Å². The van der Waals surface area contributed by atoms with Gasteiger partial charge in [-0.1, -0.05) is 5.21 Å². The highest BCUT2D eigenvalue weighted by Crippen LogP contribution is 2.18. The number of benzene rings is 1. The number of carbonyl (C=O) groups is 1. The van der Waals surface area contributed by atoms with Crippen molar-refractivity contribution >= 4 is 11.6 Å². The number of carbonyl (C=O) groups excluding carboxylic acids is 1. The molecule has 0 spiro atoms. The maximum absolute atomic E-state index is 13.3. The lowest BCUT2D eigenvalue weighted by molar-refractivity contribution is -0.116. The number of hydrogen-bond acceptors (Lipinski definition) is 4. The molecule has 0 unspecified atom stereocenters. The molecule has 0 saturated carbocycles. The van der Waals surface area contributed by atoms with Gasteiger partial charge in [-0.3, -0.25) is 4.79 Å². The lowest BCUT2D eigenvalue weighted by Crippen LogP contribution is -2.20. The molecule has 9 heteroatoms. The minimum absolute atomic E-state index is 0.166. The summed E-state index contributed by atoms with van der Waals surface area (Å²) in [6, 6.07) is 0.919. The first-order valence-electron chi connectivity index (χ1n) is 5.53. The molecule has 1 amide bonds. The Bertz CT molecular complexity index is 643. The summed E-state index contributed by atoms with van der Waals surface area (Å²) < 4.78 is 40.2. The van der Waals surface area contributed by atoms with Gasteiger partial charge in [-0.2, -0.15) is 0 Å².